The summed E-state index contributed by atoms with van der Waals surface area (Å²) >= 11 is 0. The predicted molar refractivity (Wildman–Crippen MR) is 129 cm³/mol. The highest BCUT2D eigenvalue weighted by atomic mass is 16.5. The molecular weight excluding hydrogens is 400 g/mol. The molecule has 6 nitrogen and oxygen atoms in total. The van der Waals surface area contributed by atoms with Gasteiger partial charge in [0.15, 0.2) is 0 Å². The molecule has 1 aromatic rings. The van der Waals surface area contributed by atoms with E-state index in [2.05, 4.69) is 22.2 Å². The summed E-state index contributed by atoms with van der Waals surface area (Å²) in [5, 5.41) is 17.3. The number of hydrogen-bond acceptors (Lipinski definition) is 5. The average Bonchev–Trinajstić information content (AvgIpc) is 3.05. The van der Waals surface area contributed by atoms with Crippen molar-refractivity contribution in [2.45, 2.75) is 57.5 Å². The second kappa shape index (κ2) is 10.6. The molecule has 0 aromatic heterocycles. The van der Waals surface area contributed by atoms with Crippen molar-refractivity contribution in [3.63, 3.8) is 0 Å². The highest BCUT2D eigenvalue weighted by Crippen LogP contribution is 2.43. The topological polar surface area (TPSA) is 83.4 Å². The summed E-state index contributed by atoms with van der Waals surface area (Å²) in [5.74, 6) is 1.82. The number of nitrogens with two attached hydrogens (primary N) is 1. The second-order valence-electron chi connectivity index (χ2n) is 8.82. The molecule has 0 saturated heterocycles. The van der Waals surface area contributed by atoms with Crippen LogP contribution in [0.25, 0.3) is 0 Å². The Morgan fingerprint density at radius 1 is 1.28 bits per heavy atom. The Morgan fingerprint density at radius 2 is 2.16 bits per heavy atom. The summed E-state index contributed by atoms with van der Waals surface area (Å²) < 4.78 is 5.45. The minimum absolute atomic E-state index is 0.491. The largest absolute Gasteiger partial charge is 0.496 e. The van der Waals surface area contributed by atoms with Crippen LogP contribution in [0.5, 0.6) is 5.75 Å². The van der Waals surface area contributed by atoms with Crippen molar-refractivity contribution in [1.29, 1.82) is 0 Å². The maximum absolute atomic E-state index is 10.9. The van der Waals surface area contributed by atoms with E-state index in [1.165, 1.54) is 11.9 Å². The number of methoxy groups -OCH3 is 1. The van der Waals surface area contributed by atoms with Crippen molar-refractivity contribution in [2.75, 3.05) is 7.11 Å². The molecule has 4 rings (SSSR count). The molecule has 6 heteroatoms. The van der Waals surface area contributed by atoms with Gasteiger partial charge in [-0.2, -0.15) is 5.10 Å². The maximum atomic E-state index is 10.9. The first-order chi connectivity index (χ1) is 15.7. The highest BCUT2D eigenvalue weighted by Gasteiger charge is 2.30. The van der Waals surface area contributed by atoms with Crippen LogP contribution in [0.15, 0.2) is 69.7 Å². The maximum Gasteiger partial charge on any atom is 0.124 e. The molecule has 1 aliphatic heterocycles. The van der Waals surface area contributed by atoms with Crippen molar-refractivity contribution in [1.82, 2.24) is 5.01 Å². The van der Waals surface area contributed by atoms with Crippen LogP contribution in [0, 0.1) is 11.8 Å². The van der Waals surface area contributed by atoms with E-state index >= 15 is 0 Å². The Morgan fingerprint density at radius 3 is 2.94 bits per heavy atom. The van der Waals surface area contributed by atoms with Crippen LogP contribution >= 0.6 is 0 Å². The number of hydrogen-bond donors (Lipinski definition) is 2. The molecule has 1 fully saturated rings. The number of aliphatic hydroxyl groups excluding tert-OH is 1. The van der Waals surface area contributed by atoms with Crippen LogP contribution in [0.2, 0.25) is 0 Å². The molecular formula is C26H34N4O2. The zero-order valence-corrected chi connectivity index (χ0v) is 18.9. The average molecular weight is 435 g/mol. The number of hydrazone groups is 1. The molecule has 1 saturated carbocycles. The molecule has 0 amide bonds. The SMILES string of the molecule is COc1ccccc1C(O)C[C@H]1CCC2=CC(N(/N=C\N)C3=CN=CCC3)=CCCC2C1. The van der Waals surface area contributed by atoms with E-state index in [-0.39, 0.29) is 0 Å². The van der Waals surface area contributed by atoms with Gasteiger partial charge in [-0.05, 0) is 75.3 Å². The van der Waals surface area contributed by atoms with E-state index in [4.69, 9.17) is 10.5 Å². The number of benzene rings is 1. The van der Waals surface area contributed by atoms with Crippen molar-refractivity contribution in [3.8, 4) is 5.75 Å². The van der Waals surface area contributed by atoms with Gasteiger partial charge in [-0.3, -0.25) is 4.99 Å². The van der Waals surface area contributed by atoms with Gasteiger partial charge in [-0.15, -0.1) is 0 Å². The zero-order valence-electron chi connectivity index (χ0n) is 18.9. The van der Waals surface area contributed by atoms with E-state index < -0.39 is 6.10 Å². The molecule has 2 aliphatic carbocycles. The molecule has 0 radical (unpaired) electrons. The number of rotatable bonds is 7. The predicted octanol–water partition coefficient (Wildman–Crippen LogP) is 5.05. The smallest absolute Gasteiger partial charge is 0.124 e. The first kappa shape index (κ1) is 22.3. The Balaban J connectivity index is 1.45. The van der Waals surface area contributed by atoms with E-state index in [9.17, 15) is 5.11 Å². The number of aliphatic hydroxyl groups is 1. The van der Waals surface area contributed by atoms with Gasteiger partial charge in [-0.25, -0.2) is 5.01 Å². The summed E-state index contributed by atoms with van der Waals surface area (Å²) in [6.45, 7) is 0. The van der Waals surface area contributed by atoms with Crippen LogP contribution < -0.4 is 10.5 Å². The quantitative estimate of drug-likeness (QED) is 0.357. The fourth-order valence-corrected chi connectivity index (χ4v) is 5.19. The summed E-state index contributed by atoms with van der Waals surface area (Å²) in [6.07, 6.45) is 17.3. The molecule has 3 atom stereocenters. The number of nitrogens with zero attached hydrogens (tertiary/aromatic N) is 3. The molecule has 1 heterocycles. The molecule has 3 N–H and O–H groups in total. The number of para-hydroxylation sites is 1. The Hall–Kier alpha value is -2.86. The molecule has 1 aromatic carbocycles. The first-order valence-electron chi connectivity index (χ1n) is 11.7. The van der Waals surface area contributed by atoms with Gasteiger partial charge in [0.05, 0.1) is 24.6 Å². The van der Waals surface area contributed by atoms with Crippen LogP contribution in [-0.2, 0) is 0 Å². The third-order valence-electron chi connectivity index (χ3n) is 6.80. The molecule has 0 bridgehead atoms. The molecule has 0 spiro atoms. The minimum Gasteiger partial charge on any atom is -0.496 e. The molecule has 2 unspecified atom stereocenters. The normalized spacial score (nSPS) is 24.1. The van der Waals surface area contributed by atoms with E-state index in [1.807, 2.05) is 41.7 Å². The standard InChI is InChI=1S/C26H34N4O2/c1-32-26-10-3-2-9-24(26)25(31)15-19-11-12-21-16-22(7-4-6-20(21)14-19)30(29-18-27)23-8-5-13-28-17-23/h2-3,7,9-10,13,16-20,25,31H,4-6,8,11-12,14-15H2,1H3,(H2,27,29)/t19-,20?,25?/m0/s1. The second-order valence-corrected chi connectivity index (χ2v) is 8.82. The van der Waals surface area contributed by atoms with Crippen molar-refractivity contribution >= 4 is 12.6 Å². The lowest BCUT2D eigenvalue weighted by Crippen LogP contribution is -2.21. The third-order valence-corrected chi connectivity index (χ3v) is 6.80. The third kappa shape index (κ3) is 5.13. The van der Waals surface area contributed by atoms with E-state index in [1.54, 1.807) is 7.11 Å². The van der Waals surface area contributed by atoms with Crippen molar-refractivity contribution < 1.29 is 9.84 Å². The van der Waals surface area contributed by atoms with Gasteiger partial charge in [-0.1, -0.05) is 29.8 Å². The van der Waals surface area contributed by atoms with Gasteiger partial charge in [0.25, 0.3) is 0 Å². The van der Waals surface area contributed by atoms with Crippen LogP contribution in [0.1, 0.15) is 63.0 Å². The lowest BCUT2D eigenvalue weighted by atomic mass is 9.74. The Labute approximate surface area is 190 Å². The Kier molecular flexibility index (Phi) is 7.43. The number of allylic oxidation sites excluding steroid dienone is 4. The highest BCUT2D eigenvalue weighted by molar-refractivity contribution is 5.60. The summed E-state index contributed by atoms with van der Waals surface area (Å²) in [5.41, 5.74) is 10.2. The summed E-state index contributed by atoms with van der Waals surface area (Å²) in [7, 11) is 1.66. The molecule has 32 heavy (non-hydrogen) atoms. The fraction of sp³-hybridized carbons (Fsp3) is 0.462. The number of fused-ring (bicyclic) bond motifs is 1. The summed E-state index contributed by atoms with van der Waals surface area (Å²) in [4.78, 5) is 4.31. The monoisotopic (exact) mass is 434 g/mol. The Bertz CT molecular complexity index is 947. The lowest BCUT2D eigenvalue weighted by molar-refractivity contribution is 0.125. The number of ether oxygens (including phenoxy) is 1. The molecule has 3 aliphatic rings. The van der Waals surface area contributed by atoms with Crippen LogP contribution in [0.3, 0.4) is 0 Å². The molecule has 170 valence electrons. The first-order valence-corrected chi connectivity index (χ1v) is 11.7. The van der Waals surface area contributed by atoms with E-state index in [0.717, 1.165) is 74.1 Å². The van der Waals surface area contributed by atoms with Crippen molar-refractivity contribution in [3.05, 3.63) is 65.1 Å². The minimum atomic E-state index is -0.491. The lowest BCUT2D eigenvalue weighted by Gasteiger charge is -2.33. The van der Waals surface area contributed by atoms with Gasteiger partial charge in [0, 0.05) is 18.0 Å². The van der Waals surface area contributed by atoms with Crippen molar-refractivity contribution in [2.24, 2.45) is 27.7 Å². The van der Waals surface area contributed by atoms with Gasteiger partial charge in [0.1, 0.15) is 12.1 Å². The summed E-state index contributed by atoms with van der Waals surface area (Å²) in [6, 6.07) is 7.79. The van der Waals surface area contributed by atoms with E-state index in [0.29, 0.717) is 11.8 Å². The number of aliphatic imine (C=N–C) groups is 1. The van der Waals surface area contributed by atoms with Crippen LogP contribution in [-0.4, -0.2) is 29.8 Å². The van der Waals surface area contributed by atoms with Gasteiger partial charge in [0.2, 0.25) is 0 Å². The zero-order chi connectivity index (χ0) is 22.3. The fourth-order valence-electron chi connectivity index (χ4n) is 5.19. The van der Waals surface area contributed by atoms with Gasteiger partial charge < -0.3 is 15.6 Å². The van der Waals surface area contributed by atoms with Crippen LogP contribution in [0.4, 0.5) is 0 Å². The van der Waals surface area contributed by atoms with Gasteiger partial charge >= 0.3 is 0 Å².